The minimum Gasteiger partial charge on any atom is -0.423 e. The van der Waals surface area contributed by atoms with E-state index < -0.39 is 5.63 Å². The summed E-state index contributed by atoms with van der Waals surface area (Å²) in [4.78, 5) is 11.7. The molecule has 3 rings (SSSR count). The highest BCUT2D eigenvalue weighted by Gasteiger charge is 2.08. The summed E-state index contributed by atoms with van der Waals surface area (Å²) in [6.07, 6.45) is 0. The number of halogens is 2. The van der Waals surface area contributed by atoms with Crippen LogP contribution in [0.3, 0.4) is 0 Å². The van der Waals surface area contributed by atoms with Crippen molar-refractivity contribution in [2.24, 2.45) is 0 Å². The van der Waals surface area contributed by atoms with E-state index in [4.69, 9.17) is 4.42 Å². The van der Waals surface area contributed by atoms with Crippen molar-refractivity contribution in [2.75, 3.05) is 0 Å². The van der Waals surface area contributed by atoms with E-state index in [1.807, 2.05) is 18.2 Å². The Morgan fingerprint density at radius 2 is 1.80 bits per heavy atom. The van der Waals surface area contributed by atoms with Crippen LogP contribution in [-0.2, 0) is 5.33 Å². The lowest BCUT2D eigenvalue weighted by molar-refractivity contribution is 0.561. The van der Waals surface area contributed by atoms with E-state index in [1.54, 1.807) is 12.1 Å². The summed E-state index contributed by atoms with van der Waals surface area (Å²) in [6.45, 7) is 0. The summed E-state index contributed by atoms with van der Waals surface area (Å²) in [6, 6.07) is 13.2. The topological polar surface area (TPSA) is 30.2 Å². The molecule has 0 bridgehead atoms. The molecule has 0 saturated carbocycles. The molecule has 1 heterocycles. The average molecular weight is 333 g/mol. The van der Waals surface area contributed by atoms with Gasteiger partial charge in [-0.2, -0.15) is 0 Å². The quantitative estimate of drug-likeness (QED) is 0.511. The van der Waals surface area contributed by atoms with Gasteiger partial charge in [0, 0.05) is 16.8 Å². The standard InChI is InChI=1S/C16H10BrFO2/c17-9-10-1-6-13-14(8-16(19)20-15(13)7-10)11-2-4-12(18)5-3-11/h1-8H,9H2. The maximum Gasteiger partial charge on any atom is 0.336 e. The fourth-order valence-corrected chi connectivity index (χ4v) is 2.51. The van der Waals surface area contributed by atoms with E-state index in [-0.39, 0.29) is 5.82 Å². The first-order valence-electron chi connectivity index (χ1n) is 6.06. The van der Waals surface area contributed by atoms with Gasteiger partial charge >= 0.3 is 5.63 Å². The summed E-state index contributed by atoms with van der Waals surface area (Å²) in [7, 11) is 0. The van der Waals surface area contributed by atoms with Crippen LogP contribution >= 0.6 is 15.9 Å². The smallest absolute Gasteiger partial charge is 0.336 e. The third-order valence-corrected chi connectivity index (χ3v) is 3.77. The summed E-state index contributed by atoms with van der Waals surface area (Å²) >= 11 is 3.37. The third-order valence-electron chi connectivity index (χ3n) is 3.12. The second-order valence-corrected chi connectivity index (χ2v) is 5.01. The molecule has 0 N–H and O–H groups in total. The van der Waals surface area contributed by atoms with Gasteiger partial charge in [0.25, 0.3) is 0 Å². The van der Waals surface area contributed by atoms with Crippen LogP contribution in [0.2, 0.25) is 0 Å². The molecule has 0 amide bonds. The zero-order valence-electron chi connectivity index (χ0n) is 10.4. The molecule has 1 aromatic heterocycles. The molecular weight excluding hydrogens is 323 g/mol. The average Bonchev–Trinajstić information content (AvgIpc) is 2.46. The van der Waals surface area contributed by atoms with Gasteiger partial charge in [0.15, 0.2) is 0 Å². The normalized spacial score (nSPS) is 10.9. The lowest BCUT2D eigenvalue weighted by Crippen LogP contribution is -1.98. The van der Waals surface area contributed by atoms with Crippen LogP contribution in [-0.4, -0.2) is 0 Å². The molecule has 4 heteroatoms. The van der Waals surface area contributed by atoms with Crippen molar-refractivity contribution >= 4 is 26.9 Å². The van der Waals surface area contributed by atoms with Gasteiger partial charge in [-0.05, 0) is 34.9 Å². The second-order valence-electron chi connectivity index (χ2n) is 4.45. The fourth-order valence-electron chi connectivity index (χ4n) is 2.16. The highest BCUT2D eigenvalue weighted by atomic mass is 79.9. The van der Waals surface area contributed by atoms with Gasteiger partial charge < -0.3 is 4.42 Å². The molecule has 0 aliphatic heterocycles. The Hall–Kier alpha value is -1.94. The van der Waals surface area contributed by atoms with Crippen LogP contribution in [0, 0.1) is 5.82 Å². The van der Waals surface area contributed by atoms with Crippen LogP contribution in [0.25, 0.3) is 22.1 Å². The summed E-state index contributed by atoms with van der Waals surface area (Å²) in [5.41, 5.74) is 2.68. The van der Waals surface area contributed by atoms with Crippen molar-refractivity contribution in [3.05, 3.63) is 70.3 Å². The van der Waals surface area contributed by atoms with Gasteiger partial charge in [0.1, 0.15) is 11.4 Å². The van der Waals surface area contributed by atoms with Crippen molar-refractivity contribution in [3.8, 4) is 11.1 Å². The van der Waals surface area contributed by atoms with Crippen molar-refractivity contribution < 1.29 is 8.81 Å². The first-order chi connectivity index (χ1) is 9.67. The van der Waals surface area contributed by atoms with E-state index in [1.165, 1.54) is 18.2 Å². The van der Waals surface area contributed by atoms with Gasteiger partial charge in [-0.25, -0.2) is 9.18 Å². The minimum atomic E-state index is -0.413. The molecule has 0 fully saturated rings. The molecule has 3 aromatic rings. The van der Waals surface area contributed by atoms with E-state index in [0.29, 0.717) is 10.9 Å². The van der Waals surface area contributed by atoms with Crippen molar-refractivity contribution in [1.29, 1.82) is 0 Å². The third kappa shape index (κ3) is 2.39. The van der Waals surface area contributed by atoms with Crippen molar-refractivity contribution in [3.63, 3.8) is 0 Å². The maximum atomic E-state index is 13.0. The molecule has 0 saturated heterocycles. The summed E-state index contributed by atoms with van der Waals surface area (Å²) in [5, 5.41) is 1.52. The number of benzene rings is 2. The summed E-state index contributed by atoms with van der Waals surface area (Å²) < 4.78 is 18.2. The van der Waals surface area contributed by atoms with E-state index in [0.717, 1.165) is 22.1 Å². The Bertz CT molecular complexity index is 822. The Morgan fingerprint density at radius 1 is 1.05 bits per heavy atom. The number of hydrogen-bond donors (Lipinski definition) is 0. The van der Waals surface area contributed by atoms with Gasteiger partial charge in [0.2, 0.25) is 0 Å². The SMILES string of the molecule is O=c1cc(-c2ccc(F)cc2)c2ccc(CBr)cc2o1. The van der Waals surface area contributed by atoms with E-state index >= 15 is 0 Å². The first kappa shape index (κ1) is 13.1. The molecule has 2 nitrogen and oxygen atoms in total. The molecular formula is C16H10BrFO2. The molecule has 0 aliphatic rings. The van der Waals surface area contributed by atoms with Crippen LogP contribution in [0.15, 0.2) is 57.7 Å². The van der Waals surface area contributed by atoms with Crippen LogP contribution in [0.4, 0.5) is 4.39 Å². The summed E-state index contributed by atoms with van der Waals surface area (Å²) in [5.74, 6) is -0.303. The van der Waals surface area contributed by atoms with Crippen molar-refractivity contribution in [1.82, 2.24) is 0 Å². The van der Waals surface area contributed by atoms with E-state index in [9.17, 15) is 9.18 Å². The molecule has 100 valence electrons. The molecule has 0 radical (unpaired) electrons. The molecule has 20 heavy (non-hydrogen) atoms. The number of hydrogen-bond acceptors (Lipinski definition) is 2. The predicted molar refractivity (Wildman–Crippen MR) is 80.5 cm³/mol. The second kappa shape index (κ2) is 5.21. The molecule has 2 aromatic carbocycles. The Kier molecular flexibility index (Phi) is 3.40. The highest BCUT2D eigenvalue weighted by Crippen LogP contribution is 2.28. The molecule has 0 unspecified atom stereocenters. The minimum absolute atomic E-state index is 0.303. The van der Waals surface area contributed by atoms with Crippen LogP contribution < -0.4 is 5.63 Å². The Balaban J connectivity index is 2.29. The number of rotatable bonds is 2. The molecule has 0 aliphatic carbocycles. The lowest BCUT2D eigenvalue weighted by atomic mass is 10.0. The molecule has 0 atom stereocenters. The predicted octanol–water partition coefficient (Wildman–Crippen LogP) is 4.49. The fraction of sp³-hybridized carbons (Fsp3) is 0.0625. The zero-order valence-corrected chi connectivity index (χ0v) is 12.0. The highest BCUT2D eigenvalue weighted by molar-refractivity contribution is 9.08. The van der Waals surface area contributed by atoms with Crippen LogP contribution in [0.5, 0.6) is 0 Å². The van der Waals surface area contributed by atoms with E-state index in [2.05, 4.69) is 15.9 Å². The van der Waals surface area contributed by atoms with Gasteiger partial charge in [-0.1, -0.05) is 40.2 Å². The lowest BCUT2D eigenvalue weighted by Gasteiger charge is -2.06. The number of fused-ring (bicyclic) bond motifs is 1. The Morgan fingerprint density at radius 3 is 2.50 bits per heavy atom. The zero-order chi connectivity index (χ0) is 14.1. The maximum absolute atomic E-state index is 13.0. The van der Waals surface area contributed by atoms with Gasteiger partial charge in [-0.15, -0.1) is 0 Å². The molecule has 0 spiro atoms. The monoisotopic (exact) mass is 332 g/mol. The van der Waals surface area contributed by atoms with Crippen LogP contribution in [0.1, 0.15) is 5.56 Å². The van der Waals surface area contributed by atoms with Gasteiger partial charge in [-0.3, -0.25) is 0 Å². The largest absolute Gasteiger partial charge is 0.423 e. The van der Waals surface area contributed by atoms with Crippen molar-refractivity contribution in [2.45, 2.75) is 5.33 Å². The van der Waals surface area contributed by atoms with Gasteiger partial charge in [0.05, 0.1) is 0 Å². The first-order valence-corrected chi connectivity index (χ1v) is 7.18. The number of alkyl halides is 1. The Labute approximate surface area is 123 Å².